The lowest BCUT2D eigenvalue weighted by molar-refractivity contribution is -0.528. The summed E-state index contributed by atoms with van der Waals surface area (Å²) in [4.78, 5) is 63.2. The van der Waals surface area contributed by atoms with Gasteiger partial charge in [-0.15, -0.1) is 0 Å². The predicted molar refractivity (Wildman–Crippen MR) is 149 cm³/mol. The van der Waals surface area contributed by atoms with E-state index >= 15 is 0 Å². The Morgan fingerprint density at radius 2 is 1.19 bits per heavy atom. The Kier molecular flexibility index (Phi) is 11.7. The number of aliphatic carboxylic acids is 2. The number of nitrogens with one attached hydrogen (secondary N) is 2. The molecule has 0 bridgehead atoms. The smallest absolute Gasteiger partial charge is 0.307 e. The lowest BCUT2D eigenvalue weighted by Gasteiger charge is -2.36. The van der Waals surface area contributed by atoms with Crippen LogP contribution in [0.3, 0.4) is 0 Å². The zero-order chi connectivity index (χ0) is 31.1. The van der Waals surface area contributed by atoms with E-state index in [0.717, 1.165) is 51.4 Å². The minimum Gasteiger partial charge on any atom is -0.481 e. The van der Waals surface area contributed by atoms with Crippen molar-refractivity contribution in [2.24, 2.45) is 23.7 Å². The molecular weight excluding hydrogens is 568 g/mol. The second-order valence-electron chi connectivity index (χ2n) is 12.8. The molecule has 4 aliphatic carbocycles. The molecule has 0 aromatic carbocycles. The summed E-state index contributed by atoms with van der Waals surface area (Å²) in [5.74, 6) is -5.34. The summed E-state index contributed by atoms with van der Waals surface area (Å²) in [6.45, 7) is 0.203. The molecule has 1 amide bonds. The fourth-order valence-corrected chi connectivity index (χ4v) is 7.34. The van der Waals surface area contributed by atoms with Crippen LogP contribution < -0.4 is 10.8 Å². The maximum Gasteiger partial charge on any atom is 0.307 e. The van der Waals surface area contributed by atoms with Gasteiger partial charge in [-0.2, -0.15) is 5.48 Å². The number of amides is 1. The van der Waals surface area contributed by atoms with Crippen LogP contribution in [0.2, 0.25) is 0 Å². The Labute approximate surface area is 249 Å². The highest BCUT2D eigenvalue weighted by atomic mass is 16.6. The van der Waals surface area contributed by atoms with E-state index < -0.39 is 46.7 Å². The molecule has 4 aliphatic rings. The first kappa shape index (κ1) is 33.0. The van der Waals surface area contributed by atoms with E-state index in [2.05, 4.69) is 10.8 Å². The third-order valence-electron chi connectivity index (χ3n) is 9.98. The predicted octanol–water partition coefficient (Wildman–Crippen LogP) is 2.56. The average Bonchev–Trinajstić information content (AvgIpc) is 2.98. The van der Waals surface area contributed by atoms with E-state index in [-0.39, 0.29) is 73.3 Å². The van der Waals surface area contributed by atoms with Crippen molar-refractivity contribution in [3.8, 4) is 0 Å². The second kappa shape index (κ2) is 15.2. The molecule has 4 fully saturated rings. The molecule has 6 atom stereocenters. The Morgan fingerprint density at radius 3 is 1.72 bits per heavy atom. The van der Waals surface area contributed by atoms with Crippen LogP contribution in [-0.4, -0.2) is 80.9 Å². The maximum atomic E-state index is 12.9. The van der Waals surface area contributed by atoms with Crippen LogP contribution in [0.1, 0.15) is 89.9 Å². The van der Waals surface area contributed by atoms with Gasteiger partial charge in [-0.1, -0.05) is 0 Å². The largest absolute Gasteiger partial charge is 0.481 e. The first-order valence-electron chi connectivity index (χ1n) is 15.6. The van der Waals surface area contributed by atoms with Crippen molar-refractivity contribution in [1.29, 1.82) is 0 Å². The van der Waals surface area contributed by atoms with Crippen molar-refractivity contribution in [3.63, 3.8) is 0 Å². The number of carbonyl (C=O) groups is 3. The number of hydrogen-bond acceptors (Lipinski definition) is 10. The number of carboxylic acids is 2. The van der Waals surface area contributed by atoms with Crippen molar-refractivity contribution < 1.29 is 44.0 Å². The van der Waals surface area contributed by atoms with Gasteiger partial charge in [0.1, 0.15) is 0 Å². The summed E-state index contributed by atoms with van der Waals surface area (Å²) >= 11 is 0. The number of rotatable bonds is 12. The molecule has 4 rings (SSSR count). The average molecular weight is 613 g/mol. The summed E-state index contributed by atoms with van der Waals surface area (Å²) in [7, 11) is 0. The van der Waals surface area contributed by atoms with E-state index in [0.29, 0.717) is 12.8 Å². The SMILES string of the molecule is O=C(O)C1CC([N+](=O)[O-])CCC1CONC1CCC(OC2CCC(NC(=O)C3CCC([N+](=O)[O-])CC3C(=O)O)CC2)CC1. The third kappa shape index (κ3) is 9.05. The van der Waals surface area contributed by atoms with Crippen molar-refractivity contribution in [3.05, 3.63) is 20.2 Å². The highest BCUT2D eigenvalue weighted by Crippen LogP contribution is 2.34. The zero-order valence-electron chi connectivity index (χ0n) is 24.3. The van der Waals surface area contributed by atoms with Crippen molar-refractivity contribution in [2.75, 3.05) is 6.61 Å². The quantitative estimate of drug-likeness (QED) is 0.184. The number of nitro groups is 2. The molecular formula is C28H44N4O11. The number of carbonyl (C=O) groups excluding carboxylic acids is 1. The lowest BCUT2D eigenvalue weighted by Crippen LogP contribution is -2.48. The lowest BCUT2D eigenvalue weighted by atomic mass is 9.76. The van der Waals surface area contributed by atoms with Crippen LogP contribution in [0.15, 0.2) is 0 Å². The molecule has 0 aromatic heterocycles. The highest BCUT2D eigenvalue weighted by Gasteiger charge is 2.44. The maximum absolute atomic E-state index is 12.9. The van der Waals surface area contributed by atoms with E-state index in [9.17, 15) is 44.8 Å². The summed E-state index contributed by atoms with van der Waals surface area (Å²) < 4.78 is 6.36. The first-order chi connectivity index (χ1) is 20.5. The number of carboxylic acid groups (broad SMARTS) is 2. The molecule has 15 nitrogen and oxygen atoms in total. The molecule has 43 heavy (non-hydrogen) atoms. The first-order valence-corrected chi connectivity index (χ1v) is 15.6. The van der Waals surface area contributed by atoms with Crippen molar-refractivity contribution in [2.45, 2.75) is 126 Å². The van der Waals surface area contributed by atoms with Gasteiger partial charge in [0, 0.05) is 47.6 Å². The van der Waals surface area contributed by atoms with Gasteiger partial charge < -0.3 is 25.1 Å². The van der Waals surface area contributed by atoms with Crippen LogP contribution in [0.25, 0.3) is 0 Å². The molecule has 0 spiro atoms. The summed E-state index contributed by atoms with van der Waals surface area (Å²) in [5, 5.41) is 44.2. The zero-order valence-corrected chi connectivity index (χ0v) is 24.3. The van der Waals surface area contributed by atoms with Gasteiger partial charge in [0.2, 0.25) is 18.0 Å². The Hall–Kier alpha value is -2.91. The molecule has 0 radical (unpaired) electrons. The standard InChI is InChI=1S/C28H44N4O11/c33-26(23-12-7-20(32(40)41)14-25(23)28(36)37)29-17-2-8-21(9-3-17)43-22-10-4-18(5-11-22)30-42-15-16-1-6-19(31(38)39)13-24(16)27(34)35/h16-25,30H,1-15H2,(H,29,33)(H,34,35)(H,36,37). The normalized spacial score (nSPS) is 36.7. The minimum atomic E-state index is -1.16. The van der Waals surface area contributed by atoms with Crippen LogP contribution in [0.5, 0.6) is 0 Å². The van der Waals surface area contributed by atoms with Crippen molar-refractivity contribution in [1.82, 2.24) is 10.8 Å². The molecule has 0 aromatic rings. The second-order valence-corrected chi connectivity index (χ2v) is 12.8. The Morgan fingerprint density at radius 1 is 0.674 bits per heavy atom. The number of ether oxygens (including phenoxy) is 1. The number of hydroxylamine groups is 1. The van der Waals surface area contributed by atoms with Gasteiger partial charge in [0.25, 0.3) is 0 Å². The van der Waals surface area contributed by atoms with Gasteiger partial charge in [-0.25, -0.2) is 0 Å². The van der Waals surface area contributed by atoms with Crippen LogP contribution in [0, 0.1) is 43.9 Å². The van der Waals surface area contributed by atoms with Gasteiger partial charge in [-0.3, -0.25) is 34.6 Å². The van der Waals surface area contributed by atoms with Crippen LogP contribution >= 0.6 is 0 Å². The monoisotopic (exact) mass is 612 g/mol. The molecule has 4 N–H and O–H groups in total. The topological polar surface area (TPSA) is 220 Å². The summed E-state index contributed by atoms with van der Waals surface area (Å²) in [5.41, 5.74) is 3.06. The highest BCUT2D eigenvalue weighted by molar-refractivity contribution is 5.85. The van der Waals surface area contributed by atoms with E-state index in [4.69, 9.17) is 9.57 Å². The van der Waals surface area contributed by atoms with E-state index in [1.165, 1.54) is 0 Å². The van der Waals surface area contributed by atoms with Gasteiger partial charge in [-0.05, 0) is 70.1 Å². The summed E-state index contributed by atoms with van der Waals surface area (Å²) in [6.07, 6.45) is 7.75. The van der Waals surface area contributed by atoms with E-state index in [1.54, 1.807) is 0 Å². The van der Waals surface area contributed by atoms with Crippen LogP contribution in [0.4, 0.5) is 0 Å². The minimum absolute atomic E-state index is 0.0329. The van der Waals surface area contributed by atoms with Gasteiger partial charge in [0.05, 0.1) is 36.6 Å². The number of nitrogens with zero attached hydrogens (tertiary/aromatic N) is 2. The molecule has 6 unspecified atom stereocenters. The third-order valence-corrected chi connectivity index (χ3v) is 9.98. The number of hydrogen-bond donors (Lipinski definition) is 4. The fourth-order valence-electron chi connectivity index (χ4n) is 7.34. The Bertz CT molecular complexity index is 1010. The van der Waals surface area contributed by atoms with Gasteiger partial charge >= 0.3 is 11.9 Å². The molecule has 0 heterocycles. The van der Waals surface area contributed by atoms with Gasteiger partial charge in [0.15, 0.2) is 0 Å². The molecule has 15 heteroatoms. The molecule has 0 saturated heterocycles. The Balaban J connectivity index is 1.11. The molecule has 242 valence electrons. The summed E-state index contributed by atoms with van der Waals surface area (Å²) in [6, 6.07) is -1.67. The van der Waals surface area contributed by atoms with Crippen molar-refractivity contribution >= 4 is 17.8 Å². The van der Waals surface area contributed by atoms with Crippen LogP contribution in [-0.2, 0) is 24.0 Å². The fraction of sp³-hybridized carbons (Fsp3) is 0.893. The molecule has 0 aliphatic heterocycles. The van der Waals surface area contributed by atoms with E-state index in [1.807, 2.05) is 0 Å². The molecule has 4 saturated carbocycles.